The molecule has 0 bridgehead atoms. The van der Waals surface area contributed by atoms with Gasteiger partial charge in [-0.3, -0.25) is 9.59 Å². The standard InChI is InChI=1S/C12H15N3O2.ClH/c1-7(11(13)16)15-12(17)9-2-3-10-8(6-9)4-5-14-10;/h2-3,6-7,14H,4-5H2,1H3,(H2,13,16)(H,15,17);1H/t7-;/m0./s1. The second kappa shape index (κ2) is 5.73. The largest absolute Gasteiger partial charge is 0.384 e. The van der Waals surface area contributed by atoms with Crippen LogP contribution in [0.3, 0.4) is 0 Å². The Kier molecular flexibility index (Phi) is 4.55. The number of rotatable bonds is 3. The second-order valence-corrected chi connectivity index (χ2v) is 4.15. The molecule has 4 N–H and O–H groups in total. The first-order valence-corrected chi connectivity index (χ1v) is 5.55. The van der Waals surface area contributed by atoms with Crippen molar-refractivity contribution in [2.24, 2.45) is 5.73 Å². The summed E-state index contributed by atoms with van der Waals surface area (Å²) in [5.41, 5.74) is 7.85. The van der Waals surface area contributed by atoms with Crippen molar-refractivity contribution >= 4 is 29.9 Å². The van der Waals surface area contributed by atoms with Gasteiger partial charge in [-0.05, 0) is 37.1 Å². The third-order valence-electron chi connectivity index (χ3n) is 2.85. The van der Waals surface area contributed by atoms with E-state index in [0.29, 0.717) is 5.56 Å². The van der Waals surface area contributed by atoms with Crippen molar-refractivity contribution in [2.45, 2.75) is 19.4 Å². The molecule has 0 saturated carbocycles. The minimum atomic E-state index is -0.658. The number of carbonyl (C=O) groups excluding carboxylic acids is 2. The number of hydrogen-bond acceptors (Lipinski definition) is 3. The van der Waals surface area contributed by atoms with E-state index in [1.807, 2.05) is 12.1 Å². The van der Waals surface area contributed by atoms with E-state index in [2.05, 4.69) is 10.6 Å². The van der Waals surface area contributed by atoms with Gasteiger partial charge in [0.15, 0.2) is 0 Å². The molecule has 98 valence electrons. The number of nitrogens with two attached hydrogens (primary N) is 1. The number of primary amides is 1. The topological polar surface area (TPSA) is 84.2 Å². The second-order valence-electron chi connectivity index (χ2n) is 4.15. The Morgan fingerprint density at radius 1 is 1.44 bits per heavy atom. The summed E-state index contributed by atoms with van der Waals surface area (Å²) in [7, 11) is 0. The van der Waals surface area contributed by atoms with Gasteiger partial charge in [0.25, 0.3) is 5.91 Å². The lowest BCUT2D eigenvalue weighted by atomic mass is 10.1. The monoisotopic (exact) mass is 269 g/mol. The van der Waals surface area contributed by atoms with Crippen LogP contribution in [0.15, 0.2) is 18.2 Å². The first kappa shape index (κ1) is 14.3. The van der Waals surface area contributed by atoms with Crippen LogP contribution in [-0.4, -0.2) is 24.4 Å². The third-order valence-corrected chi connectivity index (χ3v) is 2.85. The molecule has 0 fully saturated rings. The lowest BCUT2D eigenvalue weighted by Crippen LogP contribution is -2.42. The number of anilines is 1. The average molecular weight is 270 g/mol. The quantitative estimate of drug-likeness (QED) is 0.754. The number of halogens is 1. The molecule has 0 unspecified atom stereocenters. The van der Waals surface area contributed by atoms with Crippen molar-refractivity contribution in [1.29, 1.82) is 0 Å². The maximum Gasteiger partial charge on any atom is 0.251 e. The fourth-order valence-corrected chi connectivity index (χ4v) is 1.80. The summed E-state index contributed by atoms with van der Waals surface area (Å²) in [6.45, 7) is 2.47. The Morgan fingerprint density at radius 2 is 2.17 bits per heavy atom. The van der Waals surface area contributed by atoms with Gasteiger partial charge in [0.2, 0.25) is 5.91 Å². The molecule has 2 amide bonds. The van der Waals surface area contributed by atoms with Crippen molar-refractivity contribution < 1.29 is 9.59 Å². The highest BCUT2D eigenvalue weighted by Crippen LogP contribution is 2.22. The van der Waals surface area contributed by atoms with E-state index in [1.54, 1.807) is 13.0 Å². The average Bonchev–Trinajstić information content (AvgIpc) is 2.75. The summed E-state index contributed by atoms with van der Waals surface area (Å²) in [5.74, 6) is -0.813. The van der Waals surface area contributed by atoms with Crippen LogP contribution < -0.4 is 16.4 Å². The van der Waals surface area contributed by atoms with E-state index in [9.17, 15) is 9.59 Å². The molecule has 1 aromatic rings. The van der Waals surface area contributed by atoms with E-state index >= 15 is 0 Å². The van der Waals surface area contributed by atoms with E-state index in [4.69, 9.17) is 5.73 Å². The van der Waals surface area contributed by atoms with E-state index in [1.165, 1.54) is 0 Å². The molecular weight excluding hydrogens is 254 g/mol. The van der Waals surface area contributed by atoms with Gasteiger partial charge in [0, 0.05) is 17.8 Å². The van der Waals surface area contributed by atoms with Gasteiger partial charge in [-0.1, -0.05) is 0 Å². The maximum absolute atomic E-state index is 11.8. The fraction of sp³-hybridized carbons (Fsp3) is 0.333. The molecule has 1 aliphatic heterocycles. The van der Waals surface area contributed by atoms with Gasteiger partial charge < -0.3 is 16.4 Å². The molecule has 1 aliphatic rings. The highest BCUT2D eigenvalue weighted by Gasteiger charge is 2.16. The maximum atomic E-state index is 11.8. The third kappa shape index (κ3) is 2.92. The van der Waals surface area contributed by atoms with E-state index < -0.39 is 11.9 Å². The lowest BCUT2D eigenvalue weighted by molar-refractivity contribution is -0.119. The van der Waals surface area contributed by atoms with Crippen LogP contribution in [0.25, 0.3) is 0 Å². The molecule has 18 heavy (non-hydrogen) atoms. The zero-order valence-electron chi connectivity index (χ0n) is 10.0. The van der Waals surface area contributed by atoms with Gasteiger partial charge >= 0.3 is 0 Å². The molecular formula is C12H16ClN3O2. The van der Waals surface area contributed by atoms with Crippen molar-refractivity contribution in [3.63, 3.8) is 0 Å². The number of amides is 2. The van der Waals surface area contributed by atoms with Crippen molar-refractivity contribution in [1.82, 2.24) is 5.32 Å². The molecule has 0 radical (unpaired) electrons. The van der Waals surface area contributed by atoms with Gasteiger partial charge in [-0.25, -0.2) is 0 Å². The number of nitrogens with one attached hydrogen (secondary N) is 2. The Morgan fingerprint density at radius 3 is 2.83 bits per heavy atom. The first-order chi connectivity index (χ1) is 8.08. The van der Waals surface area contributed by atoms with Gasteiger partial charge in [-0.15, -0.1) is 12.4 Å². The first-order valence-electron chi connectivity index (χ1n) is 5.55. The summed E-state index contributed by atoms with van der Waals surface area (Å²) < 4.78 is 0. The summed E-state index contributed by atoms with van der Waals surface area (Å²) >= 11 is 0. The van der Waals surface area contributed by atoms with Crippen LogP contribution in [-0.2, 0) is 11.2 Å². The summed E-state index contributed by atoms with van der Waals surface area (Å²) in [6, 6.07) is 4.80. The van der Waals surface area contributed by atoms with Crippen LogP contribution in [0, 0.1) is 0 Å². The highest BCUT2D eigenvalue weighted by molar-refractivity contribution is 5.97. The fourth-order valence-electron chi connectivity index (χ4n) is 1.80. The molecule has 0 aromatic heterocycles. The zero-order valence-corrected chi connectivity index (χ0v) is 10.8. The van der Waals surface area contributed by atoms with Crippen molar-refractivity contribution in [3.8, 4) is 0 Å². The van der Waals surface area contributed by atoms with Crippen molar-refractivity contribution in [2.75, 3.05) is 11.9 Å². The SMILES string of the molecule is C[C@H](NC(=O)c1ccc2c(c1)CCN2)C(N)=O.Cl. The predicted octanol–water partition coefficient (Wildman–Crippen LogP) is 0.680. The van der Waals surface area contributed by atoms with E-state index in [-0.39, 0.29) is 18.3 Å². The number of fused-ring (bicyclic) bond motifs is 1. The Bertz CT molecular complexity index is 476. The molecule has 6 heteroatoms. The Labute approximate surface area is 112 Å². The van der Waals surface area contributed by atoms with E-state index in [0.717, 1.165) is 24.2 Å². The molecule has 1 heterocycles. The predicted molar refractivity (Wildman–Crippen MR) is 72.0 cm³/mol. The normalized spacial score (nSPS) is 13.8. The van der Waals surface area contributed by atoms with Crippen LogP contribution in [0.2, 0.25) is 0 Å². The van der Waals surface area contributed by atoms with Crippen LogP contribution in [0.4, 0.5) is 5.69 Å². The number of carbonyl (C=O) groups is 2. The Balaban J connectivity index is 0.00000162. The number of hydrogen-bond donors (Lipinski definition) is 3. The number of benzene rings is 1. The zero-order chi connectivity index (χ0) is 12.4. The molecule has 0 aliphatic carbocycles. The van der Waals surface area contributed by atoms with Crippen LogP contribution in [0.1, 0.15) is 22.8 Å². The van der Waals surface area contributed by atoms with Gasteiger partial charge in [0.05, 0.1) is 0 Å². The van der Waals surface area contributed by atoms with Crippen LogP contribution >= 0.6 is 12.4 Å². The summed E-state index contributed by atoms with van der Waals surface area (Å²) in [5, 5.41) is 5.77. The summed E-state index contributed by atoms with van der Waals surface area (Å²) in [4.78, 5) is 22.7. The van der Waals surface area contributed by atoms with Crippen molar-refractivity contribution in [3.05, 3.63) is 29.3 Å². The Hall–Kier alpha value is -1.75. The molecule has 0 saturated heterocycles. The molecule has 0 spiro atoms. The minimum Gasteiger partial charge on any atom is -0.384 e. The van der Waals surface area contributed by atoms with Crippen LogP contribution in [0.5, 0.6) is 0 Å². The molecule has 2 rings (SSSR count). The smallest absolute Gasteiger partial charge is 0.251 e. The highest BCUT2D eigenvalue weighted by atomic mass is 35.5. The molecule has 5 nitrogen and oxygen atoms in total. The molecule has 1 atom stereocenters. The van der Waals surface area contributed by atoms with Gasteiger partial charge in [0.1, 0.15) is 6.04 Å². The lowest BCUT2D eigenvalue weighted by Gasteiger charge is -2.10. The molecule has 1 aromatic carbocycles. The summed E-state index contributed by atoms with van der Waals surface area (Å²) in [6.07, 6.45) is 0.918. The van der Waals surface area contributed by atoms with Gasteiger partial charge in [-0.2, -0.15) is 0 Å². The minimum absolute atomic E-state index is 0.